The minimum absolute atomic E-state index is 0.0636. The maximum Gasteiger partial charge on any atom is 0.258 e. The molecule has 2 aromatic carbocycles. The fourth-order valence-corrected chi connectivity index (χ4v) is 8.06. The summed E-state index contributed by atoms with van der Waals surface area (Å²) in [6.45, 7) is 5.80. The molecule has 6 aromatic heterocycles. The summed E-state index contributed by atoms with van der Waals surface area (Å²) < 4.78 is 6.95. The zero-order valence-corrected chi connectivity index (χ0v) is 32.7. The van der Waals surface area contributed by atoms with Crippen molar-refractivity contribution in [3.8, 4) is 22.5 Å². The molecule has 2 aliphatic heterocycles. The fourth-order valence-electron chi connectivity index (χ4n) is 8.06. The summed E-state index contributed by atoms with van der Waals surface area (Å²) in [5.74, 6) is 0. The smallest absolute Gasteiger partial charge is 0.258 e. The highest BCUT2D eigenvalue weighted by atomic mass is 16.1. The predicted octanol–water partition coefficient (Wildman–Crippen LogP) is 4.44. The second-order valence-corrected chi connectivity index (χ2v) is 15.2. The summed E-state index contributed by atoms with van der Waals surface area (Å²) >= 11 is 0. The zero-order valence-electron chi connectivity index (χ0n) is 32.7. The maximum absolute atomic E-state index is 12.9. The van der Waals surface area contributed by atoms with E-state index in [0.29, 0.717) is 28.7 Å². The molecule has 8 aromatic rings. The minimum atomic E-state index is -0.0710. The van der Waals surface area contributed by atoms with Crippen LogP contribution in [0.5, 0.6) is 0 Å². The molecule has 0 amide bonds. The Bertz CT molecular complexity index is 2870. The van der Waals surface area contributed by atoms with Gasteiger partial charge in [0.25, 0.3) is 11.1 Å². The molecule has 2 aliphatic rings. The lowest BCUT2D eigenvalue weighted by molar-refractivity contribution is 0.249. The van der Waals surface area contributed by atoms with E-state index in [9.17, 15) is 9.59 Å². The van der Waals surface area contributed by atoms with Crippen molar-refractivity contribution in [1.82, 2.24) is 48.5 Å². The van der Waals surface area contributed by atoms with Gasteiger partial charge in [-0.15, -0.1) is 0 Å². The van der Waals surface area contributed by atoms with Crippen molar-refractivity contribution < 1.29 is 0 Å². The number of anilines is 2. The van der Waals surface area contributed by atoms with E-state index in [2.05, 4.69) is 50.4 Å². The number of fused-ring (bicyclic) bond motifs is 4. The normalized spacial score (nSPS) is 15.2. The Morgan fingerprint density at radius 3 is 1.56 bits per heavy atom. The van der Waals surface area contributed by atoms with Crippen molar-refractivity contribution in [3.63, 3.8) is 0 Å². The number of aryl methyl sites for hydroxylation is 2. The SMILES string of the molecule is CN(C)C1CCN(c2ccc3nc(-c4ccc5c(cnn5C)c4)cc(=O)n3c2)CC1.Cn1ncc2cc(-c3cc(=O)n4cc(N5CCNCC5)ccc4n3)ccc21. The first-order valence-electron chi connectivity index (χ1n) is 19.5. The number of nitrogens with zero attached hydrogens (tertiary/aromatic N) is 11. The molecule has 14 heteroatoms. The van der Waals surface area contributed by atoms with Crippen LogP contribution in [0.15, 0.2) is 107 Å². The van der Waals surface area contributed by atoms with Crippen LogP contribution in [0, 0.1) is 0 Å². The minimum Gasteiger partial charge on any atom is -0.370 e. The number of piperidine rings is 1. The molecule has 0 atom stereocenters. The van der Waals surface area contributed by atoms with E-state index in [1.165, 1.54) is 0 Å². The van der Waals surface area contributed by atoms with Gasteiger partial charge in [-0.25, -0.2) is 9.97 Å². The highest BCUT2D eigenvalue weighted by Crippen LogP contribution is 2.26. The lowest BCUT2D eigenvalue weighted by Crippen LogP contribution is -2.43. The Kier molecular flexibility index (Phi) is 9.50. The second kappa shape index (κ2) is 14.9. The van der Waals surface area contributed by atoms with Gasteiger partial charge in [-0.3, -0.25) is 27.8 Å². The molecule has 0 unspecified atom stereocenters. The number of benzene rings is 2. The molecule has 290 valence electrons. The monoisotopic (exact) mass is 762 g/mol. The van der Waals surface area contributed by atoms with Gasteiger partial charge in [0, 0.05) is 106 Å². The summed E-state index contributed by atoms with van der Waals surface area (Å²) in [6.07, 6.45) is 9.74. The van der Waals surface area contributed by atoms with E-state index in [4.69, 9.17) is 9.97 Å². The molecular weight excluding hydrogens is 717 g/mol. The third-order valence-electron chi connectivity index (χ3n) is 11.4. The summed E-state index contributed by atoms with van der Waals surface area (Å²) in [5.41, 5.74) is 8.63. The maximum atomic E-state index is 12.9. The molecule has 10 rings (SSSR count). The van der Waals surface area contributed by atoms with Gasteiger partial charge in [0.2, 0.25) is 0 Å². The Balaban J connectivity index is 0.000000149. The molecule has 57 heavy (non-hydrogen) atoms. The van der Waals surface area contributed by atoms with Crippen LogP contribution in [0.2, 0.25) is 0 Å². The summed E-state index contributed by atoms with van der Waals surface area (Å²) in [7, 11) is 8.12. The highest BCUT2D eigenvalue weighted by molar-refractivity contribution is 5.85. The zero-order chi connectivity index (χ0) is 39.2. The van der Waals surface area contributed by atoms with Gasteiger partial charge in [-0.05, 0) is 75.5 Å². The van der Waals surface area contributed by atoms with Gasteiger partial charge in [0.1, 0.15) is 11.3 Å². The third kappa shape index (κ3) is 7.13. The predicted molar refractivity (Wildman–Crippen MR) is 226 cm³/mol. The fraction of sp³-hybridized carbons (Fsp3) is 0.302. The standard InChI is InChI=1S/C23H26N6O.C20H20N6O/c1-26(2)18-8-10-28(11-9-18)19-5-7-22-25-20(13-23(30)29(22)15-19)16-4-6-21-17(12-16)14-24-27(21)3;1-24-18-4-2-14(10-15(18)12-22-24)17-11-20(27)26-13-16(3-5-19(26)23-17)25-8-6-21-7-9-25/h4-7,12-15,18H,8-11H2,1-3H3;2-5,10-13,21H,6-9H2,1H3. The molecule has 0 saturated carbocycles. The summed E-state index contributed by atoms with van der Waals surface area (Å²) in [6, 6.07) is 23.9. The van der Waals surface area contributed by atoms with Crippen molar-refractivity contribution in [2.75, 3.05) is 63.2 Å². The highest BCUT2D eigenvalue weighted by Gasteiger charge is 2.21. The van der Waals surface area contributed by atoms with E-state index in [1.807, 2.05) is 103 Å². The number of hydrogen-bond donors (Lipinski definition) is 1. The van der Waals surface area contributed by atoms with Crippen LogP contribution in [0.3, 0.4) is 0 Å². The van der Waals surface area contributed by atoms with Crippen molar-refractivity contribution in [2.24, 2.45) is 14.1 Å². The number of piperazine rings is 1. The van der Waals surface area contributed by atoms with E-state index in [0.717, 1.165) is 96.4 Å². The average molecular weight is 763 g/mol. The Morgan fingerprint density at radius 1 is 0.614 bits per heavy atom. The lowest BCUT2D eigenvalue weighted by Gasteiger charge is -2.36. The van der Waals surface area contributed by atoms with Crippen LogP contribution in [-0.4, -0.2) is 103 Å². The first-order chi connectivity index (χ1) is 27.7. The molecule has 0 aliphatic carbocycles. The quantitative estimate of drug-likeness (QED) is 0.269. The molecule has 0 bridgehead atoms. The van der Waals surface area contributed by atoms with Crippen LogP contribution < -0.4 is 26.2 Å². The number of nitrogens with one attached hydrogen (secondary N) is 1. The largest absolute Gasteiger partial charge is 0.370 e. The van der Waals surface area contributed by atoms with Crippen LogP contribution in [0.4, 0.5) is 11.4 Å². The summed E-state index contributed by atoms with van der Waals surface area (Å²) in [5, 5.41) is 14.0. The van der Waals surface area contributed by atoms with E-state index in [1.54, 1.807) is 20.9 Å². The van der Waals surface area contributed by atoms with Gasteiger partial charge < -0.3 is 20.0 Å². The van der Waals surface area contributed by atoms with Gasteiger partial charge in [0.05, 0.1) is 46.2 Å². The number of rotatable bonds is 5. The van der Waals surface area contributed by atoms with E-state index < -0.39 is 0 Å². The van der Waals surface area contributed by atoms with Gasteiger partial charge in [-0.2, -0.15) is 10.2 Å². The van der Waals surface area contributed by atoms with Gasteiger partial charge in [-0.1, -0.05) is 12.1 Å². The molecule has 2 fully saturated rings. The molecule has 8 heterocycles. The van der Waals surface area contributed by atoms with Crippen LogP contribution >= 0.6 is 0 Å². The Morgan fingerprint density at radius 2 is 1.09 bits per heavy atom. The van der Waals surface area contributed by atoms with Gasteiger partial charge in [0.15, 0.2) is 0 Å². The second-order valence-electron chi connectivity index (χ2n) is 15.2. The first kappa shape index (κ1) is 36.3. The van der Waals surface area contributed by atoms with Gasteiger partial charge >= 0.3 is 0 Å². The van der Waals surface area contributed by atoms with Crippen LogP contribution in [-0.2, 0) is 14.1 Å². The van der Waals surface area contributed by atoms with Crippen molar-refractivity contribution in [1.29, 1.82) is 0 Å². The number of aromatic nitrogens is 8. The molecule has 0 spiro atoms. The van der Waals surface area contributed by atoms with Crippen LogP contribution in [0.1, 0.15) is 12.8 Å². The first-order valence-corrected chi connectivity index (χ1v) is 19.5. The van der Waals surface area contributed by atoms with E-state index in [-0.39, 0.29) is 11.1 Å². The Labute approximate surface area is 329 Å². The molecule has 2 saturated heterocycles. The molecule has 0 radical (unpaired) electrons. The molecule has 1 N–H and O–H groups in total. The van der Waals surface area contributed by atoms with Crippen molar-refractivity contribution >= 4 is 44.5 Å². The lowest BCUT2D eigenvalue weighted by atomic mass is 10.0. The Hall–Kier alpha value is -6.38. The average Bonchev–Trinajstić information content (AvgIpc) is 3.81. The summed E-state index contributed by atoms with van der Waals surface area (Å²) in [4.78, 5) is 42.1. The topological polar surface area (TPSA) is 126 Å². The van der Waals surface area contributed by atoms with Crippen molar-refractivity contribution in [2.45, 2.75) is 18.9 Å². The van der Waals surface area contributed by atoms with Crippen molar-refractivity contribution in [3.05, 3.63) is 118 Å². The molecule has 14 nitrogen and oxygen atoms in total. The van der Waals surface area contributed by atoms with Crippen LogP contribution in [0.25, 0.3) is 55.6 Å². The number of hydrogen-bond acceptors (Lipinski definition) is 10. The van der Waals surface area contributed by atoms with E-state index >= 15 is 0 Å². The molecular formula is C43H46N12O2. The third-order valence-corrected chi connectivity index (χ3v) is 11.4. The number of pyridine rings is 2.